The third kappa shape index (κ3) is 5.00. The van der Waals surface area contributed by atoms with Gasteiger partial charge in [-0.05, 0) is 25.0 Å². The topological polar surface area (TPSA) is 56.2 Å². The lowest BCUT2D eigenvalue weighted by molar-refractivity contribution is 0.0618. The second-order valence-corrected chi connectivity index (χ2v) is 9.09. The molecule has 4 rings (SSSR count). The Morgan fingerprint density at radius 2 is 1.49 bits per heavy atom. The van der Waals surface area contributed by atoms with Crippen LogP contribution in [0.25, 0.3) is 11.1 Å². The number of carbonyl (C=O) groups excluding carboxylic acids is 1. The van der Waals surface area contributed by atoms with Crippen molar-refractivity contribution in [2.45, 2.75) is 20.4 Å². The van der Waals surface area contributed by atoms with Gasteiger partial charge in [-0.25, -0.2) is 0 Å². The fraction of sp³-hybridized carbons (Fsp3) is 0.393. The third-order valence-corrected chi connectivity index (χ3v) is 6.77. The molecule has 0 atom stereocenters. The number of aromatic nitrogens is 1. The molecule has 7 nitrogen and oxygen atoms in total. The van der Waals surface area contributed by atoms with E-state index in [9.17, 15) is 4.79 Å². The molecule has 1 aliphatic rings. The van der Waals surface area contributed by atoms with E-state index in [0.717, 1.165) is 52.5 Å². The fourth-order valence-corrected chi connectivity index (χ4v) is 4.84. The van der Waals surface area contributed by atoms with Crippen molar-refractivity contribution >= 4 is 5.91 Å². The number of carbonyl (C=O) groups is 1. The monoisotopic (exact) mass is 477 g/mol. The zero-order valence-corrected chi connectivity index (χ0v) is 21.6. The Labute approximate surface area is 207 Å². The molecule has 1 saturated heterocycles. The van der Waals surface area contributed by atoms with Gasteiger partial charge in [0.15, 0.2) is 0 Å². The van der Waals surface area contributed by atoms with Crippen LogP contribution in [0.1, 0.15) is 27.2 Å². The third-order valence-electron chi connectivity index (χ3n) is 6.77. The summed E-state index contributed by atoms with van der Waals surface area (Å²) in [5.74, 6) is 2.25. The van der Waals surface area contributed by atoms with E-state index >= 15 is 0 Å². The standard InChI is InChI=1S/C28H35N3O4/c1-19-7-9-21(10-8-19)26-20(2)17-29(3)27(26)28(32)31-13-11-30(12-14-31)18-23-24(34-5)15-22(33-4)16-25(23)35-6/h7-10,15-17H,11-14,18H2,1-6H3. The zero-order valence-electron chi connectivity index (χ0n) is 21.6. The molecule has 1 aromatic heterocycles. The van der Waals surface area contributed by atoms with Crippen molar-refractivity contribution < 1.29 is 19.0 Å². The largest absolute Gasteiger partial charge is 0.496 e. The molecule has 35 heavy (non-hydrogen) atoms. The summed E-state index contributed by atoms with van der Waals surface area (Å²) in [7, 11) is 6.89. The van der Waals surface area contributed by atoms with Gasteiger partial charge in [-0.2, -0.15) is 0 Å². The molecule has 1 aliphatic heterocycles. The van der Waals surface area contributed by atoms with Gasteiger partial charge in [0.05, 0.1) is 26.9 Å². The van der Waals surface area contributed by atoms with Gasteiger partial charge < -0.3 is 23.7 Å². The van der Waals surface area contributed by atoms with E-state index in [2.05, 4.69) is 43.0 Å². The number of benzene rings is 2. The van der Waals surface area contributed by atoms with E-state index < -0.39 is 0 Å². The summed E-state index contributed by atoms with van der Waals surface area (Å²) in [4.78, 5) is 18.0. The van der Waals surface area contributed by atoms with E-state index in [-0.39, 0.29) is 5.91 Å². The van der Waals surface area contributed by atoms with Crippen molar-refractivity contribution in [3.63, 3.8) is 0 Å². The van der Waals surface area contributed by atoms with Crippen LogP contribution in [-0.2, 0) is 13.6 Å². The number of nitrogens with zero attached hydrogens (tertiary/aromatic N) is 3. The molecule has 1 fully saturated rings. The number of piperazine rings is 1. The van der Waals surface area contributed by atoms with Crippen molar-refractivity contribution in [2.75, 3.05) is 47.5 Å². The summed E-state index contributed by atoms with van der Waals surface area (Å²) in [5.41, 5.74) is 6.14. The van der Waals surface area contributed by atoms with E-state index in [0.29, 0.717) is 25.4 Å². The molecule has 0 radical (unpaired) electrons. The molecule has 0 saturated carbocycles. The highest BCUT2D eigenvalue weighted by atomic mass is 16.5. The van der Waals surface area contributed by atoms with Crippen molar-refractivity contribution in [3.8, 4) is 28.4 Å². The molecule has 0 spiro atoms. The fourth-order valence-electron chi connectivity index (χ4n) is 4.84. The molecule has 1 amide bonds. The van der Waals surface area contributed by atoms with Gasteiger partial charge in [-0.1, -0.05) is 29.8 Å². The Morgan fingerprint density at radius 3 is 2.03 bits per heavy atom. The van der Waals surface area contributed by atoms with Crippen LogP contribution < -0.4 is 14.2 Å². The van der Waals surface area contributed by atoms with E-state index in [1.165, 1.54) is 5.56 Å². The van der Waals surface area contributed by atoms with Crippen molar-refractivity contribution in [3.05, 3.63) is 65.0 Å². The minimum absolute atomic E-state index is 0.0791. The predicted molar refractivity (Wildman–Crippen MR) is 138 cm³/mol. The lowest BCUT2D eigenvalue weighted by atomic mass is 10.0. The quantitative estimate of drug-likeness (QED) is 0.508. The number of methoxy groups -OCH3 is 3. The summed E-state index contributed by atoms with van der Waals surface area (Å²) >= 11 is 0. The predicted octanol–water partition coefficient (Wildman–Crippen LogP) is 4.29. The van der Waals surface area contributed by atoms with Gasteiger partial charge >= 0.3 is 0 Å². The SMILES string of the molecule is COc1cc(OC)c(CN2CCN(C(=O)c3c(-c4ccc(C)cc4)c(C)cn3C)CC2)c(OC)c1. The maximum atomic E-state index is 13.7. The lowest BCUT2D eigenvalue weighted by Gasteiger charge is -2.35. The van der Waals surface area contributed by atoms with E-state index in [1.807, 2.05) is 34.8 Å². The molecule has 0 bridgehead atoms. The Hall–Kier alpha value is -3.45. The van der Waals surface area contributed by atoms with Crippen LogP contribution in [0.2, 0.25) is 0 Å². The molecular formula is C28H35N3O4. The molecule has 7 heteroatoms. The maximum absolute atomic E-state index is 13.7. The number of amides is 1. The first-order valence-corrected chi connectivity index (χ1v) is 11.9. The number of ether oxygens (including phenoxy) is 3. The smallest absolute Gasteiger partial charge is 0.271 e. The van der Waals surface area contributed by atoms with Gasteiger partial charge in [-0.3, -0.25) is 9.69 Å². The number of hydrogen-bond acceptors (Lipinski definition) is 5. The maximum Gasteiger partial charge on any atom is 0.271 e. The number of hydrogen-bond donors (Lipinski definition) is 0. The highest BCUT2D eigenvalue weighted by Crippen LogP contribution is 2.35. The van der Waals surface area contributed by atoms with Crippen LogP contribution in [0.4, 0.5) is 0 Å². The second-order valence-electron chi connectivity index (χ2n) is 9.09. The number of rotatable bonds is 7. The van der Waals surface area contributed by atoms with Crippen LogP contribution in [0.5, 0.6) is 17.2 Å². The first kappa shape index (κ1) is 24.7. The minimum atomic E-state index is 0.0791. The van der Waals surface area contributed by atoms with Crippen molar-refractivity contribution in [1.29, 1.82) is 0 Å². The molecule has 0 unspecified atom stereocenters. The van der Waals surface area contributed by atoms with E-state index in [4.69, 9.17) is 14.2 Å². The van der Waals surface area contributed by atoms with Gasteiger partial charge in [0.2, 0.25) is 0 Å². The highest BCUT2D eigenvalue weighted by molar-refractivity contribution is 6.00. The van der Waals surface area contributed by atoms with Crippen molar-refractivity contribution in [1.82, 2.24) is 14.4 Å². The average Bonchev–Trinajstić information content (AvgIpc) is 3.17. The number of aryl methyl sites for hydroxylation is 3. The molecular weight excluding hydrogens is 442 g/mol. The van der Waals surface area contributed by atoms with E-state index in [1.54, 1.807) is 21.3 Å². The molecule has 3 aromatic rings. The molecule has 2 aromatic carbocycles. The Bertz CT molecular complexity index is 1170. The first-order valence-electron chi connectivity index (χ1n) is 11.9. The lowest BCUT2D eigenvalue weighted by Crippen LogP contribution is -2.48. The Balaban J connectivity index is 1.50. The zero-order chi connectivity index (χ0) is 25.1. The van der Waals surface area contributed by atoms with Gasteiger partial charge in [-0.15, -0.1) is 0 Å². The normalized spacial score (nSPS) is 14.2. The summed E-state index contributed by atoms with van der Waals surface area (Å²) in [5, 5.41) is 0. The minimum Gasteiger partial charge on any atom is -0.496 e. The average molecular weight is 478 g/mol. The van der Waals surface area contributed by atoms with Gasteiger partial charge in [0.25, 0.3) is 5.91 Å². The second kappa shape index (κ2) is 10.4. The van der Waals surface area contributed by atoms with Crippen LogP contribution >= 0.6 is 0 Å². The first-order chi connectivity index (χ1) is 16.9. The molecule has 0 aliphatic carbocycles. The van der Waals surface area contributed by atoms with Crippen LogP contribution in [0.15, 0.2) is 42.6 Å². The van der Waals surface area contributed by atoms with Gasteiger partial charge in [0.1, 0.15) is 22.9 Å². The summed E-state index contributed by atoms with van der Waals surface area (Å²) in [6.07, 6.45) is 2.04. The summed E-state index contributed by atoms with van der Waals surface area (Å²) < 4.78 is 18.6. The van der Waals surface area contributed by atoms with Crippen LogP contribution in [-0.4, -0.2) is 67.8 Å². The summed E-state index contributed by atoms with van der Waals surface area (Å²) in [6.45, 7) is 7.69. The van der Waals surface area contributed by atoms with Crippen molar-refractivity contribution in [2.24, 2.45) is 7.05 Å². The Morgan fingerprint density at radius 1 is 0.886 bits per heavy atom. The summed E-state index contributed by atoms with van der Waals surface area (Å²) in [6, 6.07) is 12.1. The molecule has 186 valence electrons. The molecule has 0 N–H and O–H groups in total. The highest BCUT2D eigenvalue weighted by Gasteiger charge is 2.28. The van der Waals surface area contributed by atoms with Crippen LogP contribution in [0.3, 0.4) is 0 Å². The molecule has 2 heterocycles. The Kier molecular flexibility index (Phi) is 7.36. The van der Waals surface area contributed by atoms with Crippen LogP contribution in [0, 0.1) is 13.8 Å². The van der Waals surface area contributed by atoms with Gasteiger partial charge in [0, 0.05) is 63.7 Å².